The zero-order valence-corrected chi connectivity index (χ0v) is 6.30. The predicted molar refractivity (Wildman–Crippen MR) is 41.2 cm³/mol. The lowest BCUT2D eigenvalue weighted by atomic mass is 10.4. The molecule has 1 atom stereocenters. The van der Waals surface area contributed by atoms with Crippen LogP contribution in [0, 0.1) is 0 Å². The third-order valence-electron chi connectivity index (χ3n) is 0.846. The van der Waals surface area contributed by atoms with E-state index in [0.717, 1.165) is 11.8 Å². The first kappa shape index (κ1) is 9.52. The summed E-state index contributed by atoms with van der Waals surface area (Å²) in [6, 6.07) is 0. The van der Waals surface area contributed by atoms with Gasteiger partial charge in [-0.05, 0) is 0 Å². The van der Waals surface area contributed by atoms with Crippen molar-refractivity contribution in [1.82, 2.24) is 0 Å². The molecule has 10 heavy (non-hydrogen) atoms. The van der Waals surface area contributed by atoms with Gasteiger partial charge in [0.05, 0.1) is 6.61 Å². The Kier molecular flexibility index (Phi) is 5.06. The fourth-order valence-electron chi connectivity index (χ4n) is 0.420. The molecule has 0 rings (SSSR count). The van der Waals surface area contributed by atoms with Gasteiger partial charge in [0.2, 0.25) is 0 Å². The number of thioether (sulfide) groups is 1. The second-order valence-corrected chi connectivity index (χ2v) is 2.84. The van der Waals surface area contributed by atoms with E-state index in [1.165, 1.54) is 6.08 Å². The Bertz CT molecular complexity index is 124. The van der Waals surface area contributed by atoms with E-state index in [1.807, 2.05) is 0 Å². The van der Waals surface area contributed by atoms with Crippen LogP contribution in [0.5, 0.6) is 0 Å². The van der Waals surface area contributed by atoms with Gasteiger partial charge in [0.15, 0.2) is 0 Å². The zero-order valence-electron chi connectivity index (χ0n) is 5.49. The quantitative estimate of drug-likeness (QED) is 0.573. The van der Waals surface area contributed by atoms with E-state index < -0.39 is 11.2 Å². The Morgan fingerprint density at radius 3 is 2.70 bits per heavy atom. The summed E-state index contributed by atoms with van der Waals surface area (Å²) >= 11 is 1.16. The van der Waals surface area contributed by atoms with Crippen molar-refractivity contribution in [3.63, 3.8) is 0 Å². The summed E-state index contributed by atoms with van der Waals surface area (Å²) < 4.78 is 0. The molecule has 0 aliphatic heterocycles. The molecule has 0 spiro atoms. The minimum absolute atomic E-state index is 0.00227. The maximum Gasteiger partial charge on any atom is 0.320 e. The molecule has 4 heteroatoms. The van der Waals surface area contributed by atoms with E-state index in [2.05, 4.69) is 6.58 Å². The number of aliphatic hydroxyl groups is 1. The maximum atomic E-state index is 10.3. The van der Waals surface area contributed by atoms with Gasteiger partial charge < -0.3 is 10.2 Å². The van der Waals surface area contributed by atoms with Gasteiger partial charge in [0, 0.05) is 5.75 Å². The molecule has 0 aliphatic carbocycles. The highest BCUT2D eigenvalue weighted by molar-refractivity contribution is 8.00. The Morgan fingerprint density at radius 2 is 2.40 bits per heavy atom. The minimum atomic E-state index is -0.909. The summed E-state index contributed by atoms with van der Waals surface area (Å²) in [6.45, 7) is 3.35. The highest BCUT2D eigenvalue weighted by Gasteiger charge is 2.11. The molecule has 0 saturated heterocycles. The molecule has 0 saturated carbocycles. The molecule has 58 valence electrons. The number of carbonyl (C=O) groups is 1. The normalized spacial score (nSPS) is 12.5. The minimum Gasteiger partial charge on any atom is -0.480 e. The van der Waals surface area contributed by atoms with Crippen molar-refractivity contribution in [1.29, 1.82) is 0 Å². The van der Waals surface area contributed by atoms with Gasteiger partial charge >= 0.3 is 5.97 Å². The average Bonchev–Trinajstić information content (AvgIpc) is 1.89. The first-order chi connectivity index (χ1) is 4.72. The van der Waals surface area contributed by atoms with Crippen molar-refractivity contribution in [3.8, 4) is 0 Å². The first-order valence-corrected chi connectivity index (χ1v) is 3.85. The van der Waals surface area contributed by atoms with Crippen molar-refractivity contribution in [2.24, 2.45) is 0 Å². The van der Waals surface area contributed by atoms with Crippen LogP contribution in [0.3, 0.4) is 0 Å². The molecule has 2 N–H and O–H groups in total. The lowest BCUT2D eigenvalue weighted by molar-refractivity contribution is -0.135. The standard InChI is InChI=1S/C6H10O3S/c1-2-5(6(8)9)10-4-3-7/h2,5,7H,1,3-4H2,(H,8,9). The van der Waals surface area contributed by atoms with Gasteiger partial charge in [-0.2, -0.15) is 0 Å². The molecule has 0 bridgehead atoms. The van der Waals surface area contributed by atoms with Crippen LogP contribution in [-0.4, -0.2) is 33.8 Å². The molecule has 0 amide bonds. The molecule has 0 aromatic heterocycles. The number of carboxylic acids is 1. The van der Waals surface area contributed by atoms with Crippen molar-refractivity contribution < 1.29 is 15.0 Å². The molecule has 0 aliphatic rings. The second-order valence-electron chi connectivity index (χ2n) is 1.59. The summed E-state index contributed by atoms with van der Waals surface area (Å²) in [4.78, 5) is 10.3. The van der Waals surface area contributed by atoms with Gasteiger partial charge in [0.1, 0.15) is 5.25 Å². The fourth-order valence-corrected chi connectivity index (χ4v) is 1.06. The summed E-state index contributed by atoms with van der Waals surface area (Å²) in [5, 5.41) is 16.2. The highest BCUT2D eigenvalue weighted by atomic mass is 32.2. The number of carboxylic acid groups (broad SMARTS) is 1. The maximum absolute atomic E-state index is 10.3. The van der Waals surface area contributed by atoms with Gasteiger partial charge in [-0.3, -0.25) is 4.79 Å². The Balaban J connectivity index is 3.60. The van der Waals surface area contributed by atoms with Crippen LogP contribution >= 0.6 is 11.8 Å². The van der Waals surface area contributed by atoms with E-state index in [9.17, 15) is 4.79 Å². The second kappa shape index (κ2) is 5.32. The third kappa shape index (κ3) is 3.53. The number of aliphatic hydroxyl groups excluding tert-OH is 1. The molecule has 0 radical (unpaired) electrons. The van der Waals surface area contributed by atoms with E-state index in [0.29, 0.717) is 5.75 Å². The lowest BCUT2D eigenvalue weighted by Crippen LogP contribution is -2.14. The SMILES string of the molecule is C=CC(SCCO)C(=O)O. The molecule has 0 heterocycles. The topological polar surface area (TPSA) is 57.5 Å². The molecular formula is C6H10O3S. The fraction of sp³-hybridized carbons (Fsp3) is 0.500. The Hall–Kier alpha value is -0.480. The van der Waals surface area contributed by atoms with Crippen LogP contribution in [-0.2, 0) is 4.79 Å². The summed E-state index contributed by atoms with van der Waals surface area (Å²) in [6.07, 6.45) is 1.35. The zero-order chi connectivity index (χ0) is 7.98. The number of hydrogen-bond acceptors (Lipinski definition) is 3. The summed E-state index contributed by atoms with van der Waals surface area (Å²) in [5.74, 6) is -0.475. The number of aliphatic carboxylic acids is 1. The van der Waals surface area contributed by atoms with E-state index >= 15 is 0 Å². The van der Waals surface area contributed by atoms with Crippen molar-refractivity contribution in [2.75, 3.05) is 12.4 Å². The lowest BCUT2D eigenvalue weighted by Gasteiger charge is -2.03. The van der Waals surface area contributed by atoms with E-state index in [1.54, 1.807) is 0 Å². The van der Waals surface area contributed by atoms with Gasteiger partial charge in [-0.15, -0.1) is 18.3 Å². The van der Waals surface area contributed by atoms with Gasteiger partial charge in [-0.25, -0.2) is 0 Å². The van der Waals surface area contributed by atoms with E-state index in [-0.39, 0.29) is 6.61 Å². The van der Waals surface area contributed by atoms with E-state index in [4.69, 9.17) is 10.2 Å². The van der Waals surface area contributed by atoms with Crippen molar-refractivity contribution in [2.45, 2.75) is 5.25 Å². The molecule has 0 fully saturated rings. The van der Waals surface area contributed by atoms with Crippen LogP contribution in [0.15, 0.2) is 12.7 Å². The molecule has 1 unspecified atom stereocenters. The van der Waals surface area contributed by atoms with Gasteiger partial charge in [0.25, 0.3) is 0 Å². The van der Waals surface area contributed by atoms with Crippen LogP contribution < -0.4 is 0 Å². The van der Waals surface area contributed by atoms with Crippen molar-refractivity contribution in [3.05, 3.63) is 12.7 Å². The van der Waals surface area contributed by atoms with Crippen LogP contribution in [0.2, 0.25) is 0 Å². The predicted octanol–water partition coefficient (Wildman–Crippen LogP) is 0.351. The molecule has 0 aromatic rings. The smallest absolute Gasteiger partial charge is 0.320 e. The number of rotatable bonds is 5. The van der Waals surface area contributed by atoms with Crippen LogP contribution in [0.1, 0.15) is 0 Å². The average molecular weight is 162 g/mol. The largest absolute Gasteiger partial charge is 0.480 e. The number of hydrogen-bond donors (Lipinski definition) is 2. The molecular weight excluding hydrogens is 152 g/mol. The molecule has 3 nitrogen and oxygen atoms in total. The Labute approximate surface area is 63.7 Å². The Morgan fingerprint density at radius 1 is 1.80 bits per heavy atom. The molecule has 0 aromatic carbocycles. The van der Waals surface area contributed by atoms with Crippen molar-refractivity contribution >= 4 is 17.7 Å². The first-order valence-electron chi connectivity index (χ1n) is 2.80. The summed E-state index contributed by atoms with van der Waals surface area (Å²) in [5.41, 5.74) is 0. The van der Waals surface area contributed by atoms with Crippen LogP contribution in [0.4, 0.5) is 0 Å². The van der Waals surface area contributed by atoms with Crippen LogP contribution in [0.25, 0.3) is 0 Å². The monoisotopic (exact) mass is 162 g/mol. The summed E-state index contributed by atoms with van der Waals surface area (Å²) in [7, 11) is 0. The third-order valence-corrected chi connectivity index (χ3v) is 2.02. The van der Waals surface area contributed by atoms with Gasteiger partial charge in [-0.1, -0.05) is 6.08 Å². The highest BCUT2D eigenvalue weighted by Crippen LogP contribution is 2.10.